The first-order valence-electron chi connectivity index (χ1n) is 6.06. The number of anilines is 1. The quantitative estimate of drug-likeness (QED) is 0.532. The van der Waals surface area contributed by atoms with Gasteiger partial charge in [-0.05, 0) is 26.8 Å². The molecule has 0 amide bonds. The van der Waals surface area contributed by atoms with E-state index in [1.54, 1.807) is 6.92 Å². The molecule has 2 rings (SSSR count). The fourth-order valence-electron chi connectivity index (χ4n) is 1.99. The zero-order valence-corrected chi connectivity index (χ0v) is 12.1. The first-order valence-corrected chi connectivity index (χ1v) is 6.44. The van der Waals surface area contributed by atoms with Crippen molar-refractivity contribution in [3.8, 4) is 5.82 Å². The van der Waals surface area contributed by atoms with Crippen LogP contribution in [0.15, 0.2) is 12.1 Å². The molecule has 0 bridgehead atoms. The van der Waals surface area contributed by atoms with Gasteiger partial charge in [-0.3, -0.25) is 10.1 Å². The zero-order chi connectivity index (χ0) is 14.9. The summed E-state index contributed by atoms with van der Waals surface area (Å²) in [6.45, 7) is 6.00. The smallest absolute Gasteiger partial charge is 0.336 e. The van der Waals surface area contributed by atoms with E-state index in [0.717, 1.165) is 11.4 Å². The van der Waals surface area contributed by atoms with E-state index in [2.05, 4.69) is 15.4 Å². The van der Waals surface area contributed by atoms with Gasteiger partial charge in [-0.15, -0.1) is 0 Å². The molecular weight excluding hydrogens is 282 g/mol. The van der Waals surface area contributed by atoms with E-state index in [0.29, 0.717) is 12.2 Å². The monoisotopic (exact) mass is 295 g/mol. The predicted octanol–water partition coefficient (Wildman–Crippen LogP) is 2.88. The normalized spacial score (nSPS) is 10.6. The van der Waals surface area contributed by atoms with E-state index < -0.39 is 4.92 Å². The molecule has 2 aromatic rings. The Morgan fingerprint density at radius 2 is 2.15 bits per heavy atom. The van der Waals surface area contributed by atoms with Crippen LogP contribution in [0.5, 0.6) is 0 Å². The number of aromatic nitrogens is 3. The minimum atomic E-state index is -0.479. The summed E-state index contributed by atoms with van der Waals surface area (Å²) in [6, 6.07) is 3.26. The molecule has 0 aromatic carbocycles. The Labute approximate surface area is 120 Å². The standard InChI is InChI=1S/C12H14ClN5O2/c1-4-14-9-6-10(13)15-12(11(9)18(19)20)17-8(3)5-7(2)16-17/h5-6H,4H2,1-3H3,(H,14,15). The third-order valence-electron chi connectivity index (χ3n) is 2.70. The van der Waals surface area contributed by atoms with Crippen LogP contribution in [0.25, 0.3) is 5.82 Å². The van der Waals surface area contributed by atoms with Gasteiger partial charge in [0.1, 0.15) is 10.8 Å². The lowest BCUT2D eigenvalue weighted by Crippen LogP contribution is -2.10. The van der Waals surface area contributed by atoms with Crippen LogP contribution < -0.4 is 5.32 Å². The molecule has 2 heterocycles. The lowest BCUT2D eigenvalue weighted by atomic mass is 10.3. The van der Waals surface area contributed by atoms with E-state index >= 15 is 0 Å². The van der Waals surface area contributed by atoms with Crippen molar-refractivity contribution in [2.45, 2.75) is 20.8 Å². The summed E-state index contributed by atoms with van der Waals surface area (Å²) in [5.74, 6) is 0.115. The minimum Gasteiger partial charge on any atom is -0.380 e. The number of rotatable bonds is 4. The third-order valence-corrected chi connectivity index (χ3v) is 2.90. The molecule has 0 aliphatic carbocycles. The van der Waals surface area contributed by atoms with Gasteiger partial charge in [0.15, 0.2) is 0 Å². The highest BCUT2D eigenvalue weighted by molar-refractivity contribution is 6.29. The predicted molar refractivity (Wildman–Crippen MR) is 76.7 cm³/mol. The first kappa shape index (κ1) is 14.3. The summed E-state index contributed by atoms with van der Waals surface area (Å²) < 4.78 is 1.43. The van der Waals surface area contributed by atoms with E-state index in [9.17, 15) is 10.1 Å². The van der Waals surface area contributed by atoms with Gasteiger partial charge in [0.05, 0.1) is 10.6 Å². The van der Waals surface area contributed by atoms with Crippen LogP contribution in [-0.4, -0.2) is 26.2 Å². The van der Waals surface area contributed by atoms with Crippen molar-refractivity contribution in [1.82, 2.24) is 14.8 Å². The van der Waals surface area contributed by atoms with Crippen LogP contribution in [0.2, 0.25) is 5.15 Å². The summed E-state index contributed by atoms with van der Waals surface area (Å²) in [6.07, 6.45) is 0. The summed E-state index contributed by atoms with van der Waals surface area (Å²) in [5.41, 5.74) is 1.70. The van der Waals surface area contributed by atoms with Crippen molar-refractivity contribution < 1.29 is 4.92 Å². The molecule has 0 fully saturated rings. The van der Waals surface area contributed by atoms with Crippen molar-refractivity contribution >= 4 is 23.0 Å². The molecule has 20 heavy (non-hydrogen) atoms. The molecule has 0 radical (unpaired) electrons. The molecule has 2 aromatic heterocycles. The second-order valence-corrected chi connectivity index (χ2v) is 4.68. The molecule has 0 atom stereocenters. The van der Waals surface area contributed by atoms with E-state index in [4.69, 9.17) is 11.6 Å². The minimum absolute atomic E-state index is 0.115. The number of nitrogens with zero attached hydrogens (tertiary/aromatic N) is 4. The summed E-state index contributed by atoms with van der Waals surface area (Å²) in [4.78, 5) is 14.9. The maximum atomic E-state index is 11.4. The van der Waals surface area contributed by atoms with Crippen LogP contribution in [0.3, 0.4) is 0 Å². The van der Waals surface area contributed by atoms with Gasteiger partial charge in [-0.1, -0.05) is 11.6 Å². The first-order chi connectivity index (χ1) is 9.43. The maximum absolute atomic E-state index is 11.4. The molecule has 0 saturated heterocycles. The van der Waals surface area contributed by atoms with Crippen LogP contribution in [0.4, 0.5) is 11.4 Å². The van der Waals surface area contributed by atoms with Gasteiger partial charge < -0.3 is 5.32 Å². The van der Waals surface area contributed by atoms with Crippen LogP contribution in [0, 0.1) is 24.0 Å². The second kappa shape index (κ2) is 5.46. The molecule has 8 heteroatoms. The SMILES string of the molecule is CCNc1cc(Cl)nc(-n2nc(C)cc2C)c1[N+](=O)[O-]. The molecule has 0 spiro atoms. The van der Waals surface area contributed by atoms with Gasteiger partial charge in [0.2, 0.25) is 5.82 Å². The topological polar surface area (TPSA) is 85.9 Å². The third kappa shape index (κ3) is 2.57. The van der Waals surface area contributed by atoms with Gasteiger partial charge in [-0.25, -0.2) is 9.67 Å². The van der Waals surface area contributed by atoms with Crippen LogP contribution >= 0.6 is 11.6 Å². The van der Waals surface area contributed by atoms with Crippen molar-refractivity contribution in [1.29, 1.82) is 0 Å². The second-order valence-electron chi connectivity index (χ2n) is 4.29. The zero-order valence-electron chi connectivity index (χ0n) is 11.3. The molecule has 0 aliphatic rings. The lowest BCUT2D eigenvalue weighted by molar-refractivity contribution is -0.384. The average molecular weight is 296 g/mol. The molecule has 0 saturated carbocycles. The number of nitro groups is 1. The Morgan fingerprint density at radius 3 is 2.65 bits per heavy atom. The lowest BCUT2D eigenvalue weighted by Gasteiger charge is -2.10. The van der Waals surface area contributed by atoms with Crippen LogP contribution in [-0.2, 0) is 0 Å². The highest BCUT2D eigenvalue weighted by Gasteiger charge is 2.25. The Balaban J connectivity index is 2.74. The highest BCUT2D eigenvalue weighted by atomic mass is 35.5. The van der Waals surface area contributed by atoms with Crippen molar-refractivity contribution in [2.24, 2.45) is 0 Å². The van der Waals surface area contributed by atoms with E-state index in [1.807, 2.05) is 19.9 Å². The fraction of sp³-hybridized carbons (Fsp3) is 0.333. The molecule has 7 nitrogen and oxygen atoms in total. The molecule has 0 unspecified atom stereocenters. The summed E-state index contributed by atoms with van der Waals surface area (Å²) >= 11 is 5.96. The molecule has 0 aliphatic heterocycles. The molecule has 1 N–H and O–H groups in total. The summed E-state index contributed by atoms with van der Waals surface area (Å²) in [5, 5.41) is 18.7. The highest BCUT2D eigenvalue weighted by Crippen LogP contribution is 2.32. The Morgan fingerprint density at radius 1 is 1.45 bits per heavy atom. The van der Waals surface area contributed by atoms with Gasteiger partial charge >= 0.3 is 5.69 Å². The number of hydrogen-bond donors (Lipinski definition) is 1. The van der Waals surface area contributed by atoms with Gasteiger partial charge in [-0.2, -0.15) is 5.10 Å². The van der Waals surface area contributed by atoms with Crippen LogP contribution in [0.1, 0.15) is 18.3 Å². The van der Waals surface area contributed by atoms with Crippen molar-refractivity contribution in [2.75, 3.05) is 11.9 Å². The Hall–Kier alpha value is -2.15. The number of hydrogen-bond acceptors (Lipinski definition) is 5. The number of nitrogens with one attached hydrogen (secondary N) is 1. The van der Waals surface area contributed by atoms with E-state index in [1.165, 1.54) is 10.7 Å². The maximum Gasteiger partial charge on any atom is 0.336 e. The number of pyridine rings is 1. The van der Waals surface area contributed by atoms with Gasteiger partial charge in [0, 0.05) is 18.3 Å². The Kier molecular flexibility index (Phi) is 3.89. The largest absolute Gasteiger partial charge is 0.380 e. The number of aryl methyl sites for hydroxylation is 2. The Bertz CT molecular complexity index is 668. The molecular formula is C12H14ClN5O2. The van der Waals surface area contributed by atoms with Crippen molar-refractivity contribution in [3.05, 3.63) is 38.8 Å². The molecule has 106 valence electrons. The summed E-state index contributed by atoms with van der Waals surface area (Å²) in [7, 11) is 0. The fourth-order valence-corrected chi connectivity index (χ4v) is 2.18. The van der Waals surface area contributed by atoms with Gasteiger partial charge in [0.25, 0.3) is 0 Å². The van der Waals surface area contributed by atoms with Crippen molar-refractivity contribution in [3.63, 3.8) is 0 Å². The van der Waals surface area contributed by atoms with E-state index in [-0.39, 0.29) is 16.7 Å². The number of halogens is 1. The average Bonchev–Trinajstić information content (AvgIpc) is 2.67.